The van der Waals surface area contributed by atoms with Gasteiger partial charge in [-0.2, -0.15) is 0 Å². The monoisotopic (exact) mass is 340 g/mol. The third-order valence-corrected chi connectivity index (χ3v) is 4.17. The highest BCUT2D eigenvalue weighted by Crippen LogP contribution is 2.28. The predicted octanol–water partition coefficient (Wildman–Crippen LogP) is 1.42. The Balaban J connectivity index is 2.13. The Kier molecular flexibility index (Phi) is 4.77. The van der Waals surface area contributed by atoms with Crippen molar-refractivity contribution in [3.63, 3.8) is 0 Å². The van der Waals surface area contributed by atoms with E-state index in [1.165, 1.54) is 0 Å². The third-order valence-electron chi connectivity index (χ3n) is 3.69. The lowest BCUT2D eigenvalue weighted by atomic mass is 9.85. The van der Waals surface area contributed by atoms with Gasteiger partial charge in [0.15, 0.2) is 0 Å². The highest BCUT2D eigenvalue weighted by molar-refractivity contribution is 9.09. The first kappa shape index (κ1) is 15.0. The molecule has 0 bridgehead atoms. The van der Waals surface area contributed by atoms with Crippen molar-refractivity contribution in [2.45, 2.75) is 18.4 Å². The van der Waals surface area contributed by atoms with Crippen molar-refractivity contribution >= 4 is 27.8 Å². The third kappa shape index (κ3) is 3.19. The number of hydrogen-bond acceptors (Lipinski definition) is 3. The molecular weight excluding hydrogens is 324 g/mol. The minimum Gasteiger partial charge on any atom is -0.478 e. The van der Waals surface area contributed by atoms with Gasteiger partial charge in [0.1, 0.15) is 0 Å². The average molecular weight is 341 g/mol. The summed E-state index contributed by atoms with van der Waals surface area (Å²) in [6, 6.07) is 6.71. The van der Waals surface area contributed by atoms with Crippen LogP contribution in [0, 0.1) is 0 Å². The second-order valence-corrected chi connectivity index (χ2v) is 5.52. The number of amides is 1. The molecule has 20 heavy (non-hydrogen) atoms. The highest BCUT2D eigenvalue weighted by Gasteiger charge is 2.29. The van der Waals surface area contributed by atoms with Crippen LogP contribution in [0.3, 0.4) is 0 Å². The molecule has 1 saturated heterocycles. The lowest BCUT2D eigenvalue weighted by Gasteiger charge is -2.36. The molecule has 6 heteroatoms. The first-order chi connectivity index (χ1) is 9.52. The van der Waals surface area contributed by atoms with Crippen LogP contribution in [0.2, 0.25) is 0 Å². The number of carboxylic acid groups (broad SMARTS) is 1. The number of nitrogens with two attached hydrogens (primary N) is 1. The summed E-state index contributed by atoms with van der Waals surface area (Å²) in [6.07, 6.45) is 0.753. The molecular formula is C14H17BrN2O3. The van der Waals surface area contributed by atoms with Crippen molar-refractivity contribution in [1.82, 2.24) is 4.90 Å². The number of alkyl halides is 1. The molecule has 0 aromatic heterocycles. The van der Waals surface area contributed by atoms with Crippen molar-refractivity contribution < 1.29 is 14.7 Å². The van der Waals surface area contributed by atoms with E-state index < -0.39 is 5.97 Å². The summed E-state index contributed by atoms with van der Waals surface area (Å²) in [5.41, 5.74) is 7.37. The number of carboxylic acids is 1. The van der Waals surface area contributed by atoms with E-state index in [-0.39, 0.29) is 23.4 Å². The molecule has 1 aromatic rings. The van der Waals surface area contributed by atoms with Crippen LogP contribution in [0.4, 0.5) is 0 Å². The fraction of sp³-hybridized carbons (Fsp3) is 0.429. The molecule has 1 aliphatic heterocycles. The van der Waals surface area contributed by atoms with Crippen molar-refractivity contribution in [3.8, 4) is 0 Å². The van der Waals surface area contributed by atoms with E-state index in [4.69, 9.17) is 10.8 Å². The zero-order valence-electron chi connectivity index (χ0n) is 11.0. The molecule has 5 nitrogen and oxygen atoms in total. The Bertz CT molecular complexity index is 521. The first-order valence-electron chi connectivity index (χ1n) is 6.45. The quantitative estimate of drug-likeness (QED) is 0.815. The van der Waals surface area contributed by atoms with Crippen molar-refractivity contribution in [1.29, 1.82) is 0 Å². The summed E-state index contributed by atoms with van der Waals surface area (Å²) in [7, 11) is 0. The molecule has 0 radical (unpaired) electrons. The number of rotatable bonds is 3. The Labute approximate surface area is 125 Å². The summed E-state index contributed by atoms with van der Waals surface area (Å²) in [4.78, 5) is 24.4. The zero-order chi connectivity index (χ0) is 14.7. The standard InChI is InChI=1S/C14H17BrN2O3/c15-7-13(18)17-5-4-11(12(16)8-17)9-2-1-3-10(6-9)14(19)20/h1-3,6,11-12H,4-5,7-8,16H2,(H,19,20). The minimum atomic E-state index is -0.938. The van der Waals surface area contributed by atoms with Gasteiger partial charge >= 0.3 is 5.97 Å². The van der Waals surface area contributed by atoms with E-state index in [0.717, 1.165) is 12.0 Å². The number of halogens is 1. The maximum absolute atomic E-state index is 11.6. The van der Waals surface area contributed by atoms with Gasteiger partial charge in [0, 0.05) is 25.0 Å². The van der Waals surface area contributed by atoms with Gasteiger partial charge in [0.25, 0.3) is 0 Å². The van der Waals surface area contributed by atoms with Gasteiger partial charge in [0.05, 0.1) is 10.9 Å². The van der Waals surface area contributed by atoms with E-state index in [0.29, 0.717) is 18.4 Å². The van der Waals surface area contributed by atoms with E-state index in [1.54, 1.807) is 23.1 Å². The summed E-state index contributed by atoms with van der Waals surface area (Å²) < 4.78 is 0. The molecule has 3 N–H and O–H groups in total. The van der Waals surface area contributed by atoms with Gasteiger partial charge in [-0.1, -0.05) is 28.1 Å². The average Bonchev–Trinajstić information content (AvgIpc) is 2.46. The number of likely N-dealkylation sites (tertiary alicyclic amines) is 1. The summed E-state index contributed by atoms with van der Waals surface area (Å²) in [6.45, 7) is 1.16. The fourth-order valence-corrected chi connectivity index (χ4v) is 2.96. The maximum atomic E-state index is 11.6. The number of hydrogen-bond donors (Lipinski definition) is 2. The molecule has 108 valence electrons. The molecule has 2 unspecified atom stereocenters. The van der Waals surface area contributed by atoms with Gasteiger partial charge in [-0.05, 0) is 24.1 Å². The SMILES string of the molecule is NC1CN(C(=O)CBr)CCC1c1cccc(C(=O)O)c1. The van der Waals surface area contributed by atoms with Gasteiger partial charge in [-0.25, -0.2) is 4.79 Å². The van der Waals surface area contributed by atoms with Crippen LogP contribution < -0.4 is 5.73 Å². The van der Waals surface area contributed by atoms with Crippen LogP contribution in [0.25, 0.3) is 0 Å². The largest absolute Gasteiger partial charge is 0.478 e. The van der Waals surface area contributed by atoms with Crippen LogP contribution in [0.1, 0.15) is 28.3 Å². The summed E-state index contributed by atoms with van der Waals surface area (Å²) in [5, 5.41) is 9.34. The maximum Gasteiger partial charge on any atom is 0.335 e. The molecule has 1 heterocycles. The van der Waals surface area contributed by atoms with Gasteiger partial charge in [0.2, 0.25) is 5.91 Å². The van der Waals surface area contributed by atoms with E-state index in [2.05, 4.69) is 15.9 Å². The number of piperidine rings is 1. The van der Waals surface area contributed by atoms with Crippen molar-refractivity contribution in [2.75, 3.05) is 18.4 Å². The minimum absolute atomic E-state index is 0.0400. The first-order valence-corrected chi connectivity index (χ1v) is 7.57. The molecule has 2 rings (SSSR count). The Morgan fingerprint density at radius 1 is 1.45 bits per heavy atom. The molecule has 0 spiro atoms. The Morgan fingerprint density at radius 3 is 2.80 bits per heavy atom. The summed E-state index contributed by atoms with van der Waals surface area (Å²) >= 11 is 3.16. The van der Waals surface area contributed by atoms with Gasteiger partial charge in [-0.3, -0.25) is 4.79 Å². The number of carbonyl (C=O) groups is 2. The van der Waals surface area contributed by atoms with Gasteiger partial charge < -0.3 is 15.7 Å². The van der Waals surface area contributed by atoms with Gasteiger partial charge in [-0.15, -0.1) is 0 Å². The molecule has 2 atom stereocenters. The van der Waals surface area contributed by atoms with Crippen LogP contribution in [0.15, 0.2) is 24.3 Å². The van der Waals surface area contributed by atoms with Crippen LogP contribution >= 0.6 is 15.9 Å². The second kappa shape index (κ2) is 6.37. The lowest BCUT2D eigenvalue weighted by molar-refractivity contribution is -0.129. The van der Waals surface area contributed by atoms with E-state index >= 15 is 0 Å². The Morgan fingerprint density at radius 2 is 2.20 bits per heavy atom. The fourth-order valence-electron chi connectivity index (χ4n) is 2.61. The molecule has 1 amide bonds. The molecule has 0 saturated carbocycles. The van der Waals surface area contributed by atoms with Crippen LogP contribution in [-0.2, 0) is 4.79 Å². The summed E-state index contributed by atoms with van der Waals surface area (Å²) in [5.74, 6) is -0.806. The Hall–Kier alpha value is -1.40. The molecule has 1 aliphatic rings. The molecule has 1 fully saturated rings. The van der Waals surface area contributed by atoms with E-state index in [9.17, 15) is 9.59 Å². The normalized spacial score (nSPS) is 22.6. The van der Waals surface area contributed by atoms with Crippen LogP contribution in [0.5, 0.6) is 0 Å². The van der Waals surface area contributed by atoms with Crippen molar-refractivity contribution in [3.05, 3.63) is 35.4 Å². The topological polar surface area (TPSA) is 83.6 Å². The molecule has 1 aromatic carbocycles. The van der Waals surface area contributed by atoms with E-state index in [1.807, 2.05) is 6.07 Å². The smallest absolute Gasteiger partial charge is 0.335 e. The number of nitrogens with zero attached hydrogens (tertiary/aromatic N) is 1. The van der Waals surface area contributed by atoms with Crippen LogP contribution in [-0.4, -0.2) is 46.3 Å². The highest BCUT2D eigenvalue weighted by atomic mass is 79.9. The number of aromatic carboxylic acids is 1. The predicted molar refractivity (Wildman–Crippen MR) is 79.1 cm³/mol. The number of carbonyl (C=O) groups excluding carboxylic acids is 1. The molecule has 0 aliphatic carbocycles. The zero-order valence-corrected chi connectivity index (χ0v) is 12.5. The van der Waals surface area contributed by atoms with Crippen molar-refractivity contribution in [2.24, 2.45) is 5.73 Å². The number of benzene rings is 1. The second-order valence-electron chi connectivity index (χ2n) is 4.96. The lowest BCUT2D eigenvalue weighted by Crippen LogP contribution is -2.49.